The summed E-state index contributed by atoms with van der Waals surface area (Å²) in [4.78, 5) is 11.8. The van der Waals surface area contributed by atoms with Crippen molar-refractivity contribution in [3.05, 3.63) is 0 Å². The van der Waals surface area contributed by atoms with E-state index in [1.807, 2.05) is 0 Å². The number of amides is 1. The second kappa shape index (κ2) is 17.1. The highest BCUT2D eigenvalue weighted by Gasteiger charge is 2.23. The van der Waals surface area contributed by atoms with E-state index in [1.165, 1.54) is 70.6 Å². The molecule has 0 aromatic carbocycles. The van der Waals surface area contributed by atoms with Gasteiger partial charge in [-0.15, -0.1) is 0 Å². The molecule has 0 fully saturated rings. The fraction of sp³-hybridized carbons (Fsp3) is 0.957. The summed E-state index contributed by atoms with van der Waals surface area (Å²) in [6.45, 7) is 7.31. The maximum atomic E-state index is 11.8. The third kappa shape index (κ3) is 17.3. The van der Waals surface area contributed by atoms with Gasteiger partial charge < -0.3 is 20.3 Å². The zero-order valence-electron chi connectivity index (χ0n) is 19.0. The monoisotopic (exact) mass is 401 g/mol. The van der Waals surface area contributed by atoms with Gasteiger partial charge in [0, 0.05) is 0 Å². The first-order valence-corrected chi connectivity index (χ1v) is 11.6. The average molecular weight is 402 g/mol. The molecule has 0 aliphatic heterocycles. The van der Waals surface area contributed by atoms with Gasteiger partial charge in [0.15, 0.2) is 0 Å². The van der Waals surface area contributed by atoms with Crippen LogP contribution in [0.4, 0.5) is 4.79 Å². The molecule has 0 aliphatic carbocycles. The molecule has 0 saturated carbocycles. The number of unbranched alkanes of at least 4 members (excludes halogenated alkanes) is 12. The highest BCUT2D eigenvalue weighted by Crippen LogP contribution is 2.14. The molecule has 5 heteroatoms. The third-order valence-corrected chi connectivity index (χ3v) is 4.97. The van der Waals surface area contributed by atoms with Crippen molar-refractivity contribution in [3.63, 3.8) is 0 Å². The highest BCUT2D eigenvalue weighted by molar-refractivity contribution is 5.68. The Kier molecular flexibility index (Phi) is 16.6. The lowest BCUT2D eigenvalue weighted by Gasteiger charge is -2.25. The summed E-state index contributed by atoms with van der Waals surface area (Å²) >= 11 is 0. The average Bonchev–Trinajstić information content (AvgIpc) is 2.61. The number of hydrogen-bond donors (Lipinski definition) is 3. The SMILES string of the molecule is CCCCCCCCCCCCCCC[C@H](O)[C@H](CO)NC(=O)OC(C)(C)C. The van der Waals surface area contributed by atoms with Crippen LogP contribution < -0.4 is 5.32 Å². The Hall–Kier alpha value is -0.810. The van der Waals surface area contributed by atoms with Gasteiger partial charge in [-0.3, -0.25) is 0 Å². The fourth-order valence-corrected chi connectivity index (χ4v) is 3.29. The molecule has 5 nitrogen and oxygen atoms in total. The van der Waals surface area contributed by atoms with Gasteiger partial charge >= 0.3 is 6.09 Å². The van der Waals surface area contributed by atoms with E-state index in [1.54, 1.807) is 20.8 Å². The maximum absolute atomic E-state index is 11.8. The van der Waals surface area contributed by atoms with Crippen LogP contribution in [0.1, 0.15) is 118 Å². The summed E-state index contributed by atoms with van der Waals surface area (Å²) in [5.41, 5.74) is -0.593. The summed E-state index contributed by atoms with van der Waals surface area (Å²) < 4.78 is 5.17. The van der Waals surface area contributed by atoms with Crippen LogP contribution in [0, 0.1) is 0 Å². The summed E-state index contributed by atoms with van der Waals surface area (Å²) in [6, 6.07) is -0.674. The van der Waals surface area contributed by atoms with Crippen molar-refractivity contribution in [2.75, 3.05) is 6.61 Å². The van der Waals surface area contributed by atoms with Gasteiger partial charge in [0.2, 0.25) is 0 Å². The van der Waals surface area contributed by atoms with Crippen LogP contribution >= 0.6 is 0 Å². The van der Waals surface area contributed by atoms with Crippen LogP contribution in [-0.4, -0.2) is 40.7 Å². The number of hydrogen-bond acceptors (Lipinski definition) is 4. The standard InChI is InChI=1S/C23H47NO4/c1-5-6-7-8-9-10-11-12-13-14-15-16-17-18-21(26)20(19-25)24-22(27)28-23(2,3)4/h20-21,25-26H,5-19H2,1-4H3,(H,24,27)/t20-,21-/m0/s1. The van der Waals surface area contributed by atoms with Crippen molar-refractivity contribution in [1.82, 2.24) is 5.32 Å². The van der Waals surface area contributed by atoms with Crippen LogP contribution in [0.25, 0.3) is 0 Å². The summed E-state index contributed by atoms with van der Waals surface area (Å²) in [7, 11) is 0. The van der Waals surface area contributed by atoms with Crippen molar-refractivity contribution in [3.8, 4) is 0 Å². The second-order valence-corrected chi connectivity index (χ2v) is 9.03. The fourth-order valence-electron chi connectivity index (χ4n) is 3.29. The van der Waals surface area contributed by atoms with Gasteiger partial charge in [-0.25, -0.2) is 4.79 Å². The molecule has 0 heterocycles. The first-order chi connectivity index (χ1) is 13.3. The quantitative estimate of drug-likeness (QED) is 0.273. The Bertz CT molecular complexity index is 368. The Morgan fingerprint density at radius 1 is 0.857 bits per heavy atom. The number of aliphatic hydroxyl groups is 2. The Balaban J connectivity index is 3.61. The summed E-state index contributed by atoms with van der Waals surface area (Å²) in [5, 5.41) is 22.2. The first kappa shape index (κ1) is 27.2. The Morgan fingerprint density at radius 2 is 1.29 bits per heavy atom. The number of rotatable bonds is 17. The Labute approximate surface area is 173 Å². The third-order valence-electron chi connectivity index (χ3n) is 4.97. The zero-order valence-corrected chi connectivity index (χ0v) is 19.0. The van der Waals surface area contributed by atoms with Crippen molar-refractivity contribution in [1.29, 1.82) is 0 Å². The number of carbonyl (C=O) groups excluding carboxylic acids is 1. The molecule has 0 aromatic heterocycles. The second-order valence-electron chi connectivity index (χ2n) is 9.03. The Morgan fingerprint density at radius 3 is 1.68 bits per heavy atom. The lowest BCUT2D eigenvalue weighted by Crippen LogP contribution is -2.47. The van der Waals surface area contributed by atoms with Gasteiger partial charge in [-0.05, 0) is 27.2 Å². The number of aliphatic hydroxyl groups excluding tert-OH is 2. The predicted octanol–water partition coefficient (Wildman–Crippen LogP) is 5.71. The van der Waals surface area contributed by atoms with E-state index in [0.29, 0.717) is 6.42 Å². The molecule has 0 rings (SSSR count). The van der Waals surface area contributed by atoms with Crippen LogP contribution in [0.3, 0.4) is 0 Å². The van der Waals surface area contributed by atoms with E-state index in [0.717, 1.165) is 12.8 Å². The minimum Gasteiger partial charge on any atom is -0.444 e. The molecule has 3 N–H and O–H groups in total. The normalized spacial score (nSPS) is 13.9. The first-order valence-electron chi connectivity index (χ1n) is 11.6. The lowest BCUT2D eigenvalue weighted by molar-refractivity contribution is 0.0333. The van der Waals surface area contributed by atoms with E-state index < -0.39 is 23.8 Å². The molecule has 1 amide bonds. The number of carbonyl (C=O) groups is 1. The number of nitrogens with one attached hydrogen (secondary N) is 1. The highest BCUT2D eigenvalue weighted by atomic mass is 16.6. The molecule has 0 unspecified atom stereocenters. The zero-order chi connectivity index (χ0) is 21.3. The largest absolute Gasteiger partial charge is 0.444 e. The van der Waals surface area contributed by atoms with Gasteiger partial charge in [-0.2, -0.15) is 0 Å². The van der Waals surface area contributed by atoms with Gasteiger partial charge in [-0.1, -0.05) is 90.4 Å². The van der Waals surface area contributed by atoms with E-state index in [-0.39, 0.29) is 6.61 Å². The summed E-state index contributed by atoms with van der Waals surface area (Å²) in [6.07, 6.45) is 15.9. The molecular formula is C23H47NO4. The lowest BCUT2D eigenvalue weighted by atomic mass is 10.0. The van der Waals surface area contributed by atoms with Crippen LogP contribution in [0.2, 0.25) is 0 Å². The molecule has 2 atom stereocenters. The van der Waals surface area contributed by atoms with Crippen molar-refractivity contribution < 1.29 is 19.7 Å². The van der Waals surface area contributed by atoms with Crippen molar-refractivity contribution >= 4 is 6.09 Å². The molecular weight excluding hydrogens is 354 g/mol. The minimum absolute atomic E-state index is 0.293. The van der Waals surface area contributed by atoms with Crippen LogP contribution in [0.15, 0.2) is 0 Å². The van der Waals surface area contributed by atoms with E-state index in [4.69, 9.17) is 4.74 Å². The molecule has 168 valence electrons. The molecule has 0 aliphatic rings. The van der Waals surface area contributed by atoms with Crippen molar-refractivity contribution in [2.45, 2.75) is 135 Å². The van der Waals surface area contributed by atoms with Crippen LogP contribution in [-0.2, 0) is 4.74 Å². The maximum Gasteiger partial charge on any atom is 0.408 e. The molecule has 0 saturated heterocycles. The van der Waals surface area contributed by atoms with Crippen LogP contribution in [0.5, 0.6) is 0 Å². The minimum atomic E-state index is -0.745. The van der Waals surface area contributed by atoms with E-state index >= 15 is 0 Å². The topological polar surface area (TPSA) is 78.8 Å². The van der Waals surface area contributed by atoms with Gasteiger partial charge in [0.05, 0.1) is 18.8 Å². The van der Waals surface area contributed by atoms with E-state index in [9.17, 15) is 15.0 Å². The number of ether oxygens (including phenoxy) is 1. The number of alkyl carbamates (subject to hydrolysis) is 1. The smallest absolute Gasteiger partial charge is 0.408 e. The van der Waals surface area contributed by atoms with Gasteiger partial charge in [0.1, 0.15) is 5.60 Å². The molecule has 0 spiro atoms. The molecule has 0 bridgehead atoms. The predicted molar refractivity (Wildman–Crippen MR) is 117 cm³/mol. The van der Waals surface area contributed by atoms with E-state index in [2.05, 4.69) is 12.2 Å². The van der Waals surface area contributed by atoms with Gasteiger partial charge in [0.25, 0.3) is 0 Å². The molecule has 0 aromatic rings. The van der Waals surface area contributed by atoms with Crippen molar-refractivity contribution in [2.24, 2.45) is 0 Å². The molecule has 28 heavy (non-hydrogen) atoms. The summed E-state index contributed by atoms with van der Waals surface area (Å²) in [5.74, 6) is 0. The molecule has 0 radical (unpaired) electrons.